The largest absolute Gasteiger partial charge is 0.406 e. The number of rotatable bonds is 1. The molecular formula is C7H4ClF3N4. The quantitative estimate of drug-likeness (QED) is 0.712. The van der Waals surface area contributed by atoms with E-state index < -0.39 is 12.7 Å². The molecule has 0 bridgehead atoms. The molecular weight excluding hydrogens is 233 g/mol. The molecule has 0 saturated carbocycles. The van der Waals surface area contributed by atoms with Gasteiger partial charge in [-0.05, 0) is 0 Å². The highest BCUT2D eigenvalue weighted by atomic mass is 35.5. The molecule has 4 nitrogen and oxygen atoms in total. The van der Waals surface area contributed by atoms with Gasteiger partial charge in [0.1, 0.15) is 18.4 Å². The number of aromatic nitrogens is 4. The van der Waals surface area contributed by atoms with E-state index in [1.807, 2.05) is 0 Å². The molecule has 2 rings (SSSR count). The van der Waals surface area contributed by atoms with Crippen LogP contribution in [0.5, 0.6) is 0 Å². The Kier molecular flexibility index (Phi) is 2.26. The van der Waals surface area contributed by atoms with Crippen LogP contribution in [0.4, 0.5) is 13.2 Å². The Morgan fingerprint density at radius 1 is 1.27 bits per heavy atom. The van der Waals surface area contributed by atoms with Crippen molar-refractivity contribution in [3.63, 3.8) is 0 Å². The van der Waals surface area contributed by atoms with Crippen LogP contribution in [-0.4, -0.2) is 25.7 Å². The van der Waals surface area contributed by atoms with Gasteiger partial charge in [-0.15, -0.1) is 0 Å². The average Bonchev–Trinajstić information content (AvgIpc) is 2.47. The van der Waals surface area contributed by atoms with Crippen molar-refractivity contribution in [3.8, 4) is 0 Å². The molecule has 0 N–H and O–H groups in total. The van der Waals surface area contributed by atoms with Gasteiger partial charge in [0.05, 0.1) is 6.33 Å². The van der Waals surface area contributed by atoms with E-state index in [2.05, 4.69) is 15.0 Å². The number of hydrogen-bond acceptors (Lipinski definition) is 3. The van der Waals surface area contributed by atoms with E-state index in [1.54, 1.807) is 0 Å². The molecule has 80 valence electrons. The van der Waals surface area contributed by atoms with Gasteiger partial charge in [0.2, 0.25) is 0 Å². The third-order valence-corrected chi connectivity index (χ3v) is 1.99. The number of alkyl halides is 3. The van der Waals surface area contributed by atoms with E-state index in [1.165, 1.54) is 0 Å². The highest BCUT2D eigenvalue weighted by Crippen LogP contribution is 2.23. The molecule has 0 fully saturated rings. The molecule has 0 atom stereocenters. The number of imidazole rings is 1. The lowest BCUT2D eigenvalue weighted by atomic mass is 10.5. The zero-order chi connectivity index (χ0) is 11.1. The summed E-state index contributed by atoms with van der Waals surface area (Å²) in [7, 11) is 0. The second kappa shape index (κ2) is 3.34. The molecule has 0 radical (unpaired) electrons. The summed E-state index contributed by atoms with van der Waals surface area (Å²) in [5.74, 6) is 0. The SMILES string of the molecule is FC(F)(F)Cn1cnc2ncnc(Cl)c21. The lowest BCUT2D eigenvalue weighted by Gasteiger charge is -2.07. The van der Waals surface area contributed by atoms with Crippen molar-refractivity contribution in [1.82, 2.24) is 19.5 Å². The fourth-order valence-electron chi connectivity index (χ4n) is 1.19. The fraction of sp³-hybridized carbons (Fsp3) is 0.286. The Morgan fingerprint density at radius 3 is 2.67 bits per heavy atom. The van der Waals surface area contributed by atoms with E-state index in [0.29, 0.717) is 0 Å². The Bertz CT molecular complexity index is 492. The normalized spacial score (nSPS) is 12.3. The van der Waals surface area contributed by atoms with Gasteiger partial charge >= 0.3 is 6.18 Å². The highest BCUT2D eigenvalue weighted by Gasteiger charge is 2.29. The summed E-state index contributed by atoms with van der Waals surface area (Å²) in [6, 6.07) is 0. The van der Waals surface area contributed by atoms with Gasteiger partial charge in [0, 0.05) is 0 Å². The third kappa shape index (κ3) is 2.01. The lowest BCUT2D eigenvalue weighted by molar-refractivity contribution is -0.139. The zero-order valence-electron chi connectivity index (χ0n) is 7.16. The summed E-state index contributed by atoms with van der Waals surface area (Å²) in [6.07, 6.45) is -2.14. The van der Waals surface area contributed by atoms with Crippen molar-refractivity contribution < 1.29 is 13.2 Å². The first-order chi connectivity index (χ1) is 6.97. The molecule has 0 aliphatic heterocycles. The van der Waals surface area contributed by atoms with Gasteiger partial charge in [-0.1, -0.05) is 11.6 Å². The van der Waals surface area contributed by atoms with E-state index in [4.69, 9.17) is 11.6 Å². The van der Waals surface area contributed by atoms with Crippen LogP contribution in [0.3, 0.4) is 0 Å². The highest BCUT2D eigenvalue weighted by molar-refractivity contribution is 6.33. The van der Waals surface area contributed by atoms with Crippen LogP contribution in [0.25, 0.3) is 11.2 Å². The van der Waals surface area contributed by atoms with Gasteiger partial charge in [0.15, 0.2) is 10.8 Å². The first kappa shape index (κ1) is 10.2. The maximum absolute atomic E-state index is 12.1. The molecule has 0 amide bonds. The molecule has 0 saturated heterocycles. The number of hydrogen-bond donors (Lipinski definition) is 0. The van der Waals surface area contributed by atoms with Gasteiger partial charge < -0.3 is 4.57 Å². The molecule has 15 heavy (non-hydrogen) atoms. The fourth-order valence-corrected chi connectivity index (χ4v) is 1.42. The summed E-state index contributed by atoms with van der Waals surface area (Å²) >= 11 is 5.65. The van der Waals surface area contributed by atoms with Gasteiger partial charge in [0.25, 0.3) is 0 Å². The predicted molar refractivity (Wildman–Crippen MR) is 46.4 cm³/mol. The van der Waals surface area contributed by atoms with Crippen LogP contribution < -0.4 is 0 Å². The van der Waals surface area contributed by atoms with Crippen molar-refractivity contribution in [2.45, 2.75) is 12.7 Å². The number of nitrogens with zero attached hydrogens (tertiary/aromatic N) is 4. The van der Waals surface area contributed by atoms with E-state index in [-0.39, 0.29) is 16.3 Å². The molecule has 0 spiro atoms. The van der Waals surface area contributed by atoms with Crippen molar-refractivity contribution in [2.75, 3.05) is 0 Å². The summed E-state index contributed by atoms with van der Waals surface area (Å²) in [6.45, 7) is -1.16. The molecule has 0 unspecified atom stereocenters. The summed E-state index contributed by atoms with van der Waals surface area (Å²) in [5.41, 5.74) is 0.246. The van der Waals surface area contributed by atoms with E-state index >= 15 is 0 Å². The van der Waals surface area contributed by atoms with Crippen LogP contribution in [0.15, 0.2) is 12.7 Å². The minimum Gasteiger partial charge on any atom is -0.317 e. The molecule has 0 aromatic carbocycles. The number of fused-ring (bicyclic) bond motifs is 1. The zero-order valence-corrected chi connectivity index (χ0v) is 7.92. The maximum Gasteiger partial charge on any atom is 0.406 e. The summed E-state index contributed by atoms with van der Waals surface area (Å²) in [4.78, 5) is 11.0. The Hall–Kier alpha value is -1.37. The van der Waals surface area contributed by atoms with E-state index in [9.17, 15) is 13.2 Å². The van der Waals surface area contributed by atoms with Crippen molar-refractivity contribution in [2.24, 2.45) is 0 Å². The minimum atomic E-state index is -4.33. The monoisotopic (exact) mass is 236 g/mol. The van der Waals surface area contributed by atoms with Crippen LogP contribution in [0, 0.1) is 0 Å². The molecule has 0 aliphatic carbocycles. The molecule has 2 aromatic heterocycles. The van der Waals surface area contributed by atoms with Crippen molar-refractivity contribution >= 4 is 22.8 Å². The van der Waals surface area contributed by atoms with Crippen molar-refractivity contribution in [1.29, 1.82) is 0 Å². The molecule has 2 heterocycles. The topological polar surface area (TPSA) is 43.6 Å². The smallest absolute Gasteiger partial charge is 0.317 e. The van der Waals surface area contributed by atoms with Crippen LogP contribution in [0.2, 0.25) is 5.15 Å². The third-order valence-electron chi connectivity index (χ3n) is 1.71. The maximum atomic E-state index is 12.1. The minimum absolute atomic E-state index is 0.0400. The van der Waals surface area contributed by atoms with Crippen LogP contribution in [-0.2, 0) is 6.54 Å². The van der Waals surface area contributed by atoms with Crippen LogP contribution >= 0.6 is 11.6 Å². The number of halogens is 4. The van der Waals surface area contributed by atoms with Gasteiger partial charge in [-0.2, -0.15) is 13.2 Å². The first-order valence-corrected chi connectivity index (χ1v) is 4.23. The standard InChI is InChI=1S/C7H4ClF3N4/c8-5-4-6(13-2-12-5)14-3-15(4)1-7(9,10)11/h2-3H,1H2. The average molecular weight is 237 g/mol. The summed E-state index contributed by atoms with van der Waals surface area (Å²) in [5, 5.41) is -0.0400. The molecule has 8 heteroatoms. The van der Waals surface area contributed by atoms with E-state index in [0.717, 1.165) is 17.2 Å². The predicted octanol–water partition coefficient (Wildman–Crippen LogP) is 2.04. The molecule has 2 aromatic rings. The van der Waals surface area contributed by atoms with Crippen molar-refractivity contribution in [3.05, 3.63) is 17.8 Å². The second-order valence-corrected chi connectivity index (χ2v) is 3.18. The Morgan fingerprint density at radius 2 is 2.00 bits per heavy atom. The van der Waals surface area contributed by atoms with Crippen LogP contribution in [0.1, 0.15) is 0 Å². The summed E-state index contributed by atoms with van der Waals surface area (Å²) < 4.78 is 37.3. The lowest BCUT2D eigenvalue weighted by Crippen LogP contribution is -2.17. The van der Waals surface area contributed by atoms with Gasteiger partial charge in [-0.25, -0.2) is 15.0 Å². The first-order valence-electron chi connectivity index (χ1n) is 3.85. The Labute approximate surface area is 86.7 Å². The van der Waals surface area contributed by atoms with Gasteiger partial charge in [-0.3, -0.25) is 0 Å². The molecule has 0 aliphatic rings. The Balaban J connectivity index is 2.53. The second-order valence-electron chi connectivity index (χ2n) is 2.82.